The molecule has 0 aliphatic carbocycles. The third-order valence-electron chi connectivity index (χ3n) is 5.55. The number of likely N-dealkylation sites (N-methyl/N-ethyl adjacent to an activating group) is 1. The standard InChI is InChI=1S/C21H28N4.C4H9N3/c1-15(19-9-6-14-25(19)2)24-20(16-7-4-3-5-8-16)17-10-12-18(13-11-17)21(22)23;1-2-3-7(6)4-5/h3-5,7-8,10-13,19-21,24H,1,6,9,14,22-23H2,2H3;2,4-5H,1,3,6H2/t19?,20-;/m0./s1. The largest absolute Gasteiger partial charge is 0.377 e. The summed E-state index contributed by atoms with van der Waals surface area (Å²) in [5, 5.41) is 11.4. The van der Waals surface area contributed by atoms with Crippen LogP contribution in [0.3, 0.4) is 0 Å². The number of nitrogens with zero attached hydrogens (tertiary/aromatic N) is 2. The fourth-order valence-corrected chi connectivity index (χ4v) is 3.75. The molecule has 172 valence electrons. The molecular formula is C25H37N7. The van der Waals surface area contributed by atoms with Crippen LogP contribution < -0.4 is 22.6 Å². The molecule has 3 rings (SSSR count). The fraction of sp³-hybridized carbons (Fsp3) is 0.320. The molecule has 1 saturated heterocycles. The molecule has 7 nitrogen and oxygen atoms in total. The first kappa shape index (κ1) is 25.3. The molecule has 2 aromatic carbocycles. The summed E-state index contributed by atoms with van der Waals surface area (Å²) in [6, 6.07) is 19.1. The van der Waals surface area contributed by atoms with Crippen molar-refractivity contribution in [2.45, 2.75) is 31.1 Å². The van der Waals surface area contributed by atoms with E-state index in [2.05, 4.69) is 66.8 Å². The zero-order valence-electron chi connectivity index (χ0n) is 19.0. The lowest BCUT2D eigenvalue weighted by Crippen LogP contribution is -2.35. The molecule has 7 heteroatoms. The van der Waals surface area contributed by atoms with Gasteiger partial charge >= 0.3 is 0 Å². The minimum absolute atomic E-state index is 0.0609. The van der Waals surface area contributed by atoms with Gasteiger partial charge in [0.15, 0.2) is 0 Å². The summed E-state index contributed by atoms with van der Waals surface area (Å²) >= 11 is 0. The molecule has 2 aromatic rings. The van der Waals surface area contributed by atoms with E-state index in [1.54, 1.807) is 6.08 Å². The van der Waals surface area contributed by atoms with Crippen LogP contribution in [-0.4, -0.2) is 42.4 Å². The summed E-state index contributed by atoms with van der Waals surface area (Å²) in [4.78, 5) is 2.37. The third kappa shape index (κ3) is 7.32. The summed E-state index contributed by atoms with van der Waals surface area (Å²) in [7, 11) is 2.17. The van der Waals surface area contributed by atoms with E-state index < -0.39 is 6.17 Å². The predicted octanol–water partition coefficient (Wildman–Crippen LogP) is 2.84. The summed E-state index contributed by atoms with van der Waals surface area (Å²) < 4.78 is 0. The van der Waals surface area contributed by atoms with Crippen LogP contribution >= 0.6 is 0 Å². The maximum Gasteiger partial charge on any atom is 0.0961 e. The van der Waals surface area contributed by atoms with Gasteiger partial charge < -0.3 is 16.8 Å². The Bertz CT molecular complexity index is 848. The molecular weight excluding hydrogens is 398 g/mol. The van der Waals surface area contributed by atoms with Crippen molar-refractivity contribution in [2.75, 3.05) is 20.1 Å². The zero-order chi connectivity index (χ0) is 23.5. The van der Waals surface area contributed by atoms with E-state index in [4.69, 9.17) is 22.7 Å². The van der Waals surface area contributed by atoms with Gasteiger partial charge in [-0.2, -0.15) is 0 Å². The first-order valence-electron chi connectivity index (χ1n) is 10.8. The minimum atomic E-state index is -0.445. The van der Waals surface area contributed by atoms with E-state index in [0.717, 1.165) is 30.6 Å². The molecule has 8 N–H and O–H groups in total. The molecule has 0 aromatic heterocycles. The molecule has 2 atom stereocenters. The van der Waals surface area contributed by atoms with Gasteiger partial charge in [0.2, 0.25) is 0 Å². The van der Waals surface area contributed by atoms with E-state index in [-0.39, 0.29) is 6.04 Å². The van der Waals surface area contributed by atoms with E-state index >= 15 is 0 Å². The number of nitrogens with two attached hydrogens (primary N) is 3. The van der Waals surface area contributed by atoms with Crippen molar-refractivity contribution in [3.8, 4) is 0 Å². The van der Waals surface area contributed by atoms with E-state index in [1.165, 1.54) is 22.6 Å². The molecule has 0 amide bonds. The monoisotopic (exact) mass is 435 g/mol. The average molecular weight is 436 g/mol. The lowest BCUT2D eigenvalue weighted by molar-refractivity contribution is 0.331. The first-order chi connectivity index (χ1) is 15.4. The molecule has 32 heavy (non-hydrogen) atoms. The molecule has 0 bridgehead atoms. The molecule has 0 saturated carbocycles. The smallest absolute Gasteiger partial charge is 0.0961 e. The van der Waals surface area contributed by atoms with E-state index in [0.29, 0.717) is 12.6 Å². The van der Waals surface area contributed by atoms with Gasteiger partial charge in [-0.15, -0.1) is 6.58 Å². The van der Waals surface area contributed by atoms with Crippen molar-refractivity contribution in [3.05, 3.63) is 96.2 Å². The van der Waals surface area contributed by atoms with Crippen LogP contribution in [0.1, 0.15) is 41.7 Å². The topological polar surface area (TPSA) is 120 Å². The second kappa shape index (κ2) is 12.8. The number of hydrogen-bond donors (Lipinski definition) is 5. The van der Waals surface area contributed by atoms with Crippen LogP contribution in [0.2, 0.25) is 0 Å². The van der Waals surface area contributed by atoms with Crippen LogP contribution in [0.4, 0.5) is 0 Å². The van der Waals surface area contributed by atoms with Crippen LogP contribution in [0, 0.1) is 5.41 Å². The highest BCUT2D eigenvalue weighted by Crippen LogP contribution is 2.27. The summed E-state index contributed by atoms with van der Waals surface area (Å²) in [6.07, 6.45) is 4.61. The molecule has 1 heterocycles. The number of hydrogen-bond acceptors (Lipinski definition) is 6. The second-order valence-electron chi connectivity index (χ2n) is 7.96. The van der Waals surface area contributed by atoms with E-state index in [1.807, 2.05) is 18.2 Å². The molecule has 1 aliphatic rings. The summed E-state index contributed by atoms with van der Waals surface area (Å²) in [5.41, 5.74) is 16.0. The Morgan fingerprint density at radius 1 is 1.16 bits per heavy atom. The van der Waals surface area contributed by atoms with Crippen molar-refractivity contribution in [1.29, 1.82) is 5.41 Å². The molecule has 0 spiro atoms. The molecule has 1 unspecified atom stereocenters. The van der Waals surface area contributed by atoms with Crippen molar-refractivity contribution >= 4 is 6.34 Å². The Morgan fingerprint density at radius 2 is 1.75 bits per heavy atom. The van der Waals surface area contributed by atoms with Gasteiger partial charge in [0.25, 0.3) is 0 Å². The lowest BCUT2D eigenvalue weighted by atomic mass is 9.96. The second-order valence-corrected chi connectivity index (χ2v) is 7.96. The first-order valence-corrected chi connectivity index (χ1v) is 10.8. The SMILES string of the molecule is C=C(N[C@@H](c1ccccc1)c1ccc(C(N)N)cc1)C1CCCN1C.C=CCN(N)C=N. The number of likely N-dealkylation sites (tertiary alicyclic amines) is 1. The van der Waals surface area contributed by atoms with Crippen molar-refractivity contribution in [2.24, 2.45) is 17.3 Å². The number of rotatable bonds is 9. The Kier molecular flexibility index (Phi) is 10.1. The Hall–Kier alpha value is -2.97. The number of nitrogens with one attached hydrogen (secondary N) is 2. The van der Waals surface area contributed by atoms with E-state index in [9.17, 15) is 0 Å². The summed E-state index contributed by atoms with van der Waals surface area (Å²) in [5.74, 6) is 5.10. The Morgan fingerprint density at radius 3 is 2.22 bits per heavy atom. The third-order valence-corrected chi connectivity index (χ3v) is 5.55. The Labute approximate surface area is 192 Å². The Balaban J connectivity index is 0.000000451. The van der Waals surface area contributed by atoms with Gasteiger partial charge in [0.1, 0.15) is 0 Å². The fourth-order valence-electron chi connectivity index (χ4n) is 3.75. The van der Waals surface area contributed by atoms with Crippen molar-refractivity contribution in [3.63, 3.8) is 0 Å². The number of hydrazine groups is 1. The van der Waals surface area contributed by atoms with Crippen molar-refractivity contribution < 1.29 is 0 Å². The van der Waals surface area contributed by atoms with Crippen LogP contribution in [-0.2, 0) is 0 Å². The average Bonchev–Trinajstić information content (AvgIpc) is 3.24. The number of benzene rings is 2. The van der Waals surface area contributed by atoms with Gasteiger partial charge in [-0.05, 0) is 43.1 Å². The summed E-state index contributed by atoms with van der Waals surface area (Å²) in [6.45, 7) is 9.42. The molecule has 1 aliphatic heterocycles. The zero-order valence-corrected chi connectivity index (χ0v) is 19.0. The minimum Gasteiger partial charge on any atom is -0.377 e. The predicted molar refractivity (Wildman–Crippen MR) is 134 cm³/mol. The normalized spacial score (nSPS) is 16.6. The van der Waals surface area contributed by atoms with Gasteiger partial charge in [0.05, 0.1) is 25.1 Å². The maximum atomic E-state index is 6.54. The highest BCUT2D eigenvalue weighted by atomic mass is 15.4. The highest BCUT2D eigenvalue weighted by molar-refractivity contribution is 5.49. The van der Waals surface area contributed by atoms with Gasteiger partial charge in [-0.3, -0.25) is 15.3 Å². The molecule has 1 fully saturated rings. The van der Waals surface area contributed by atoms with Crippen LogP contribution in [0.5, 0.6) is 0 Å². The van der Waals surface area contributed by atoms with Gasteiger partial charge in [-0.25, -0.2) is 5.84 Å². The quantitative estimate of drug-likeness (QED) is 0.103. The highest BCUT2D eigenvalue weighted by Gasteiger charge is 2.25. The van der Waals surface area contributed by atoms with Crippen LogP contribution in [0.25, 0.3) is 0 Å². The lowest BCUT2D eigenvalue weighted by Gasteiger charge is -2.28. The van der Waals surface area contributed by atoms with Gasteiger partial charge in [0, 0.05) is 11.7 Å². The molecule has 0 radical (unpaired) electrons. The van der Waals surface area contributed by atoms with Gasteiger partial charge in [-0.1, -0.05) is 67.3 Å². The van der Waals surface area contributed by atoms with Crippen LogP contribution in [0.15, 0.2) is 79.5 Å². The maximum absolute atomic E-state index is 6.54. The van der Waals surface area contributed by atoms with Crippen molar-refractivity contribution in [1.82, 2.24) is 15.2 Å².